The Bertz CT molecular complexity index is 635. The van der Waals surface area contributed by atoms with E-state index in [1.54, 1.807) is 13.0 Å². The summed E-state index contributed by atoms with van der Waals surface area (Å²) < 4.78 is 28.3. The molecule has 0 atom stereocenters. The van der Waals surface area contributed by atoms with Gasteiger partial charge in [-0.05, 0) is 31.5 Å². The minimum atomic E-state index is -3.33. The van der Waals surface area contributed by atoms with Crippen LogP contribution in [0.5, 0.6) is 0 Å². The number of nitrogens with one attached hydrogen (secondary N) is 1. The molecule has 0 aromatic heterocycles. The highest BCUT2D eigenvalue weighted by atomic mass is 32.2. The van der Waals surface area contributed by atoms with Crippen LogP contribution in [0.25, 0.3) is 0 Å². The van der Waals surface area contributed by atoms with Gasteiger partial charge in [-0.2, -0.15) is 0 Å². The highest BCUT2D eigenvalue weighted by molar-refractivity contribution is 7.90. The van der Waals surface area contributed by atoms with Crippen molar-refractivity contribution in [3.8, 4) is 0 Å². The van der Waals surface area contributed by atoms with Crippen molar-refractivity contribution in [3.63, 3.8) is 0 Å². The lowest BCUT2D eigenvalue weighted by molar-refractivity contribution is 0.0926. The molecule has 1 amide bonds. The second kappa shape index (κ2) is 7.38. The molecule has 0 bridgehead atoms. The van der Waals surface area contributed by atoms with Gasteiger partial charge in [-0.3, -0.25) is 4.79 Å². The Morgan fingerprint density at radius 1 is 1.38 bits per heavy atom. The van der Waals surface area contributed by atoms with Crippen LogP contribution < -0.4 is 5.32 Å². The predicted octanol–water partition coefficient (Wildman–Crippen LogP) is 1.72. The van der Waals surface area contributed by atoms with E-state index < -0.39 is 9.84 Å². The number of hydrogen-bond acceptors (Lipinski definition) is 4. The normalized spacial score (nSPS) is 11.2. The number of amides is 1. The van der Waals surface area contributed by atoms with Gasteiger partial charge in [0.05, 0.1) is 18.1 Å². The average Bonchev–Trinajstić information content (AvgIpc) is 2.36. The smallest absolute Gasteiger partial charge is 0.251 e. The second-order valence-corrected chi connectivity index (χ2v) is 7.03. The molecule has 0 aliphatic heterocycles. The number of carbonyl (C=O) groups excluding carboxylic acids is 1. The molecule has 0 unspecified atom stereocenters. The largest absolute Gasteiger partial charge is 0.375 e. The molecule has 0 fully saturated rings. The molecular weight excluding hydrogens is 290 g/mol. The molecule has 0 radical (unpaired) electrons. The van der Waals surface area contributed by atoms with Gasteiger partial charge in [0.15, 0.2) is 9.84 Å². The molecule has 0 saturated carbocycles. The Morgan fingerprint density at radius 2 is 2.05 bits per heavy atom. The molecule has 0 saturated heterocycles. The molecule has 0 heterocycles. The van der Waals surface area contributed by atoms with Crippen LogP contribution in [-0.4, -0.2) is 40.3 Å². The van der Waals surface area contributed by atoms with Gasteiger partial charge in [-0.1, -0.05) is 18.2 Å². The SMILES string of the molecule is C=C(C)COCCNC(=O)c1cc(S(C)(=O)=O)ccc1C. The van der Waals surface area contributed by atoms with Crippen LogP contribution in [-0.2, 0) is 14.6 Å². The second-order valence-electron chi connectivity index (χ2n) is 5.01. The monoisotopic (exact) mass is 311 g/mol. The molecule has 1 rings (SSSR count). The van der Waals surface area contributed by atoms with E-state index in [0.717, 1.165) is 17.4 Å². The van der Waals surface area contributed by atoms with Gasteiger partial charge in [-0.25, -0.2) is 8.42 Å². The van der Waals surface area contributed by atoms with Gasteiger partial charge in [0.25, 0.3) is 5.91 Å². The van der Waals surface area contributed by atoms with E-state index in [9.17, 15) is 13.2 Å². The lowest BCUT2D eigenvalue weighted by atomic mass is 10.1. The van der Waals surface area contributed by atoms with Crippen LogP contribution in [0, 0.1) is 6.92 Å². The quantitative estimate of drug-likeness (QED) is 0.615. The zero-order chi connectivity index (χ0) is 16.0. The van der Waals surface area contributed by atoms with E-state index in [1.165, 1.54) is 12.1 Å². The molecule has 0 spiro atoms. The van der Waals surface area contributed by atoms with Crippen LogP contribution in [0.3, 0.4) is 0 Å². The van der Waals surface area contributed by atoms with Crippen molar-refractivity contribution in [1.82, 2.24) is 5.32 Å². The molecule has 116 valence electrons. The van der Waals surface area contributed by atoms with Gasteiger partial charge < -0.3 is 10.1 Å². The number of sulfone groups is 1. The fourth-order valence-electron chi connectivity index (χ4n) is 1.65. The van der Waals surface area contributed by atoms with E-state index >= 15 is 0 Å². The molecule has 1 N–H and O–H groups in total. The zero-order valence-corrected chi connectivity index (χ0v) is 13.4. The lowest BCUT2D eigenvalue weighted by Crippen LogP contribution is -2.28. The van der Waals surface area contributed by atoms with Crippen molar-refractivity contribution < 1.29 is 17.9 Å². The van der Waals surface area contributed by atoms with E-state index in [-0.39, 0.29) is 10.8 Å². The van der Waals surface area contributed by atoms with E-state index in [4.69, 9.17) is 4.74 Å². The summed E-state index contributed by atoms with van der Waals surface area (Å²) in [6.07, 6.45) is 1.12. The molecule has 1 aromatic rings. The van der Waals surface area contributed by atoms with Crippen molar-refractivity contribution in [2.24, 2.45) is 0 Å². The first-order chi connectivity index (χ1) is 9.71. The highest BCUT2D eigenvalue weighted by Crippen LogP contribution is 2.15. The highest BCUT2D eigenvalue weighted by Gasteiger charge is 2.14. The van der Waals surface area contributed by atoms with Gasteiger partial charge >= 0.3 is 0 Å². The molecular formula is C15H21NO4S. The topological polar surface area (TPSA) is 72.5 Å². The van der Waals surface area contributed by atoms with Crippen LogP contribution in [0.2, 0.25) is 0 Å². The fourth-order valence-corrected chi connectivity index (χ4v) is 2.30. The molecule has 21 heavy (non-hydrogen) atoms. The Kier molecular flexibility index (Phi) is 6.11. The zero-order valence-electron chi connectivity index (χ0n) is 12.6. The van der Waals surface area contributed by atoms with Crippen molar-refractivity contribution in [3.05, 3.63) is 41.5 Å². The maximum absolute atomic E-state index is 12.1. The summed E-state index contributed by atoms with van der Waals surface area (Å²) in [6.45, 7) is 8.52. The summed E-state index contributed by atoms with van der Waals surface area (Å²) in [5.74, 6) is -0.308. The Labute approximate surface area is 125 Å². The molecule has 5 nitrogen and oxygen atoms in total. The third-order valence-electron chi connectivity index (χ3n) is 2.76. The minimum absolute atomic E-state index is 0.136. The number of aryl methyl sites for hydroxylation is 1. The Morgan fingerprint density at radius 3 is 2.62 bits per heavy atom. The predicted molar refractivity (Wildman–Crippen MR) is 82.3 cm³/mol. The van der Waals surface area contributed by atoms with Crippen molar-refractivity contribution in [2.45, 2.75) is 18.7 Å². The minimum Gasteiger partial charge on any atom is -0.375 e. The molecule has 6 heteroatoms. The number of hydrogen-bond donors (Lipinski definition) is 1. The van der Waals surface area contributed by atoms with E-state index in [0.29, 0.717) is 25.3 Å². The summed E-state index contributed by atoms with van der Waals surface area (Å²) in [5, 5.41) is 2.70. The van der Waals surface area contributed by atoms with Crippen molar-refractivity contribution in [2.75, 3.05) is 26.0 Å². The third kappa shape index (κ3) is 5.69. The number of ether oxygens (including phenoxy) is 1. The summed E-state index contributed by atoms with van der Waals surface area (Å²) >= 11 is 0. The van der Waals surface area contributed by atoms with Crippen LogP contribution in [0.15, 0.2) is 35.2 Å². The summed E-state index contributed by atoms with van der Waals surface area (Å²) in [5.41, 5.74) is 2.00. The third-order valence-corrected chi connectivity index (χ3v) is 3.87. The summed E-state index contributed by atoms with van der Waals surface area (Å²) in [4.78, 5) is 12.2. The molecule has 0 aliphatic carbocycles. The molecule has 1 aromatic carbocycles. The maximum atomic E-state index is 12.1. The summed E-state index contributed by atoms with van der Waals surface area (Å²) in [7, 11) is -3.33. The van der Waals surface area contributed by atoms with Crippen LogP contribution in [0.1, 0.15) is 22.8 Å². The van der Waals surface area contributed by atoms with Crippen molar-refractivity contribution in [1.29, 1.82) is 0 Å². The van der Waals surface area contributed by atoms with Gasteiger partial charge in [-0.15, -0.1) is 0 Å². The van der Waals surface area contributed by atoms with Crippen LogP contribution in [0.4, 0.5) is 0 Å². The first kappa shape index (κ1) is 17.4. The number of carbonyl (C=O) groups is 1. The fraction of sp³-hybridized carbons (Fsp3) is 0.400. The van der Waals surface area contributed by atoms with Crippen LogP contribution >= 0.6 is 0 Å². The standard InChI is InChI=1S/C15H21NO4S/c1-11(2)10-20-8-7-16-15(17)14-9-13(21(4,18)19)6-5-12(14)3/h5-6,9H,1,7-8,10H2,2-4H3,(H,16,17). The first-order valence-electron chi connectivity index (χ1n) is 6.53. The molecule has 0 aliphatic rings. The van der Waals surface area contributed by atoms with E-state index in [1.807, 2.05) is 6.92 Å². The summed E-state index contributed by atoms with van der Waals surface area (Å²) in [6, 6.07) is 4.52. The van der Waals surface area contributed by atoms with Crippen molar-refractivity contribution >= 4 is 15.7 Å². The number of benzene rings is 1. The van der Waals surface area contributed by atoms with Gasteiger partial charge in [0, 0.05) is 18.4 Å². The lowest BCUT2D eigenvalue weighted by Gasteiger charge is -2.09. The van der Waals surface area contributed by atoms with Gasteiger partial charge in [0.1, 0.15) is 0 Å². The Hall–Kier alpha value is -1.66. The number of rotatable bonds is 7. The van der Waals surface area contributed by atoms with Gasteiger partial charge in [0.2, 0.25) is 0 Å². The average molecular weight is 311 g/mol. The maximum Gasteiger partial charge on any atom is 0.251 e. The van der Waals surface area contributed by atoms with E-state index in [2.05, 4.69) is 11.9 Å². The first-order valence-corrected chi connectivity index (χ1v) is 8.42. The Balaban J connectivity index is 2.68.